The summed E-state index contributed by atoms with van der Waals surface area (Å²) in [5, 5.41) is 11.9. The third kappa shape index (κ3) is 7.03. The monoisotopic (exact) mass is 416 g/mol. The molecular formula is C28H36N2O. The molecule has 0 bridgehead atoms. The van der Waals surface area contributed by atoms with Gasteiger partial charge >= 0.3 is 0 Å². The third-order valence-corrected chi connectivity index (χ3v) is 5.85. The summed E-state index contributed by atoms with van der Waals surface area (Å²) in [7, 11) is 0. The fourth-order valence-electron chi connectivity index (χ4n) is 4.31. The van der Waals surface area contributed by atoms with E-state index in [1.165, 1.54) is 16.7 Å². The molecule has 0 heterocycles. The average Bonchev–Trinajstić information content (AvgIpc) is 2.78. The molecule has 0 spiro atoms. The Morgan fingerprint density at radius 1 is 0.742 bits per heavy atom. The molecule has 3 N–H and O–H groups in total. The summed E-state index contributed by atoms with van der Waals surface area (Å²) < 4.78 is 0. The highest BCUT2D eigenvalue weighted by atomic mass is 16.3. The predicted octanol–water partition coefficient (Wildman–Crippen LogP) is 5.38. The van der Waals surface area contributed by atoms with Gasteiger partial charge in [0, 0.05) is 13.1 Å². The molecule has 0 radical (unpaired) electrons. The van der Waals surface area contributed by atoms with Gasteiger partial charge in [0.1, 0.15) is 0 Å². The quantitative estimate of drug-likeness (QED) is 0.412. The molecule has 3 nitrogen and oxygen atoms in total. The van der Waals surface area contributed by atoms with E-state index < -0.39 is 11.8 Å². The lowest BCUT2D eigenvalue weighted by Gasteiger charge is -2.42. The van der Waals surface area contributed by atoms with Crippen molar-refractivity contribution in [1.29, 1.82) is 0 Å². The van der Waals surface area contributed by atoms with Crippen molar-refractivity contribution in [2.45, 2.75) is 58.0 Å². The van der Waals surface area contributed by atoms with Crippen LogP contribution in [0.25, 0.3) is 0 Å². The Balaban J connectivity index is 1.84. The zero-order valence-corrected chi connectivity index (χ0v) is 18.8. The van der Waals surface area contributed by atoms with E-state index in [-0.39, 0.29) is 0 Å². The van der Waals surface area contributed by atoms with Crippen LogP contribution in [-0.2, 0) is 19.5 Å². The van der Waals surface area contributed by atoms with Gasteiger partial charge < -0.3 is 10.8 Å². The highest BCUT2D eigenvalue weighted by Gasteiger charge is 2.38. The number of nitrogens with two attached hydrogens (primary N) is 1. The van der Waals surface area contributed by atoms with Crippen LogP contribution >= 0.6 is 0 Å². The maximum atomic E-state index is 11.9. The van der Waals surface area contributed by atoms with Gasteiger partial charge in [-0.05, 0) is 41.9 Å². The molecule has 3 heteroatoms. The van der Waals surface area contributed by atoms with Gasteiger partial charge in [0.2, 0.25) is 0 Å². The van der Waals surface area contributed by atoms with Crippen molar-refractivity contribution < 1.29 is 5.11 Å². The molecule has 3 aromatic rings. The first-order chi connectivity index (χ1) is 15.0. The van der Waals surface area contributed by atoms with Crippen LogP contribution in [-0.4, -0.2) is 21.8 Å². The smallest absolute Gasteiger partial charge is 0.0936 e. The molecule has 0 aliphatic rings. The van der Waals surface area contributed by atoms with Crippen LogP contribution < -0.4 is 5.73 Å². The molecule has 3 rings (SSSR count). The highest BCUT2D eigenvalue weighted by Crippen LogP contribution is 2.29. The van der Waals surface area contributed by atoms with Crippen molar-refractivity contribution in [3.63, 3.8) is 0 Å². The minimum atomic E-state index is -0.979. The first-order valence-electron chi connectivity index (χ1n) is 11.3. The van der Waals surface area contributed by atoms with Gasteiger partial charge in [-0.1, -0.05) is 105 Å². The van der Waals surface area contributed by atoms with Crippen LogP contribution in [0.1, 0.15) is 43.4 Å². The molecule has 164 valence electrons. The van der Waals surface area contributed by atoms with Gasteiger partial charge in [0.25, 0.3) is 0 Å². The summed E-state index contributed by atoms with van der Waals surface area (Å²) in [5.74, 6) is 0.349. The number of aliphatic hydroxyl groups is 1. The van der Waals surface area contributed by atoms with E-state index in [9.17, 15) is 5.11 Å². The summed E-state index contributed by atoms with van der Waals surface area (Å²) >= 11 is 0. The van der Waals surface area contributed by atoms with Gasteiger partial charge in [-0.15, -0.1) is 0 Å². The van der Waals surface area contributed by atoms with Gasteiger partial charge in [-0.2, -0.15) is 0 Å². The fourth-order valence-corrected chi connectivity index (χ4v) is 4.31. The predicted molar refractivity (Wildman–Crippen MR) is 129 cm³/mol. The Morgan fingerprint density at radius 3 is 1.58 bits per heavy atom. The van der Waals surface area contributed by atoms with Gasteiger partial charge in [0.05, 0.1) is 11.8 Å². The molecule has 3 aromatic carbocycles. The Morgan fingerprint density at radius 2 is 1.16 bits per heavy atom. The van der Waals surface area contributed by atoms with Crippen molar-refractivity contribution in [2.75, 3.05) is 0 Å². The van der Waals surface area contributed by atoms with E-state index in [0.29, 0.717) is 31.8 Å². The van der Waals surface area contributed by atoms with Crippen LogP contribution in [0.15, 0.2) is 91.0 Å². The second-order valence-electron chi connectivity index (χ2n) is 9.01. The standard InChI is InChI=1S/C28H36N2O/c1-23(2)20-28(31,19-18-24-12-6-3-7-13-24)27(29)30(21-25-14-8-4-9-15-25)22-26-16-10-5-11-17-26/h3-17,23,27,31H,18-22,29H2,1-2H3/t27-,28+/m0/s1. The summed E-state index contributed by atoms with van der Waals surface area (Å²) in [6, 6.07) is 31.1. The second-order valence-corrected chi connectivity index (χ2v) is 9.01. The molecule has 31 heavy (non-hydrogen) atoms. The number of nitrogens with zero attached hydrogens (tertiary/aromatic N) is 1. The highest BCUT2D eigenvalue weighted by molar-refractivity contribution is 5.18. The Bertz CT molecular complexity index is 841. The normalized spacial score (nSPS) is 14.5. The van der Waals surface area contributed by atoms with Crippen molar-refractivity contribution in [3.05, 3.63) is 108 Å². The van der Waals surface area contributed by atoms with E-state index in [2.05, 4.69) is 79.4 Å². The summed E-state index contributed by atoms with van der Waals surface area (Å²) in [6.45, 7) is 5.70. The zero-order chi connectivity index (χ0) is 22.1. The third-order valence-electron chi connectivity index (χ3n) is 5.85. The fraction of sp³-hybridized carbons (Fsp3) is 0.357. The minimum Gasteiger partial charge on any atom is -0.387 e. The lowest BCUT2D eigenvalue weighted by Crippen LogP contribution is -2.58. The first kappa shape index (κ1) is 23.2. The topological polar surface area (TPSA) is 49.5 Å². The van der Waals surface area contributed by atoms with Gasteiger partial charge in [-0.3, -0.25) is 4.90 Å². The number of aryl methyl sites for hydroxylation is 1. The molecule has 0 saturated heterocycles. The van der Waals surface area contributed by atoms with Crippen LogP contribution in [0.3, 0.4) is 0 Å². The maximum Gasteiger partial charge on any atom is 0.0936 e. The van der Waals surface area contributed by atoms with E-state index in [1.807, 2.05) is 30.3 Å². The second kappa shape index (κ2) is 11.2. The Hall–Kier alpha value is -2.46. The molecule has 0 fully saturated rings. The van der Waals surface area contributed by atoms with Gasteiger partial charge in [0.15, 0.2) is 0 Å². The number of hydrogen-bond donors (Lipinski definition) is 2. The summed E-state index contributed by atoms with van der Waals surface area (Å²) in [6.07, 6.45) is 1.64. The zero-order valence-electron chi connectivity index (χ0n) is 18.8. The molecule has 2 atom stereocenters. The summed E-state index contributed by atoms with van der Waals surface area (Å²) in [5.41, 5.74) is 9.53. The first-order valence-corrected chi connectivity index (χ1v) is 11.3. The van der Waals surface area contributed by atoms with Crippen molar-refractivity contribution in [1.82, 2.24) is 4.90 Å². The van der Waals surface area contributed by atoms with E-state index in [1.54, 1.807) is 0 Å². The van der Waals surface area contributed by atoms with Crippen molar-refractivity contribution in [2.24, 2.45) is 11.7 Å². The van der Waals surface area contributed by atoms with E-state index >= 15 is 0 Å². The molecule has 0 saturated carbocycles. The van der Waals surface area contributed by atoms with Crippen molar-refractivity contribution in [3.8, 4) is 0 Å². The van der Waals surface area contributed by atoms with Crippen LogP contribution in [0.5, 0.6) is 0 Å². The molecular weight excluding hydrogens is 380 g/mol. The lowest BCUT2D eigenvalue weighted by atomic mass is 9.83. The Kier molecular flexibility index (Phi) is 8.42. The maximum absolute atomic E-state index is 11.9. The molecule has 0 amide bonds. The summed E-state index contributed by atoms with van der Waals surface area (Å²) in [4.78, 5) is 2.22. The molecule has 0 aliphatic carbocycles. The van der Waals surface area contributed by atoms with Crippen LogP contribution in [0.4, 0.5) is 0 Å². The van der Waals surface area contributed by atoms with E-state index in [4.69, 9.17) is 5.73 Å². The minimum absolute atomic E-state index is 0.349. The van der Waals surface area contributed by atoms with Crippen LogP contribution in [0, 0.1) is 5.92 Å². The SMILES string of the molecule is CC(C)C[C@](O)(CCc1ccccc1)[C@@H](N)N(Cc1ccccc1)Cc1ccccc1. The number of hydrogen-bond acceptors (Lipinski definition) is 3. The molecule has 0 aliphatic heterocycles. The number of benzene rings is 3. The van der Waals surface area contributed by atoms with Gasteiger partial charge in [-0.25, -0.2) is 0 Å². The molecule has 0 unspecified atom stereocenters. The lowest BCUT2D eigenvalue weighted by molar-refractivity contribution is -0.0709. The number of rotatable bonds is 11. The average molecular weight is 417 g/mol. The van der Waals surface area contributed by atoms with Crippen LogP contribution in [0.2, 0.25) is 0 Å². The van der Waals surface area contributed by atoms with E-state index in [0.717, 1.165) is 6.42 Å². The largest absolute Gasteiger partial charge is 0.387 e. The molecule has 0 aromatic heterocycles. The Labute approximate surface area is 187 Å². The van der Waals surface area contributed by atoms with Crippen molar-refractivity contribution >= 4 is 0 Å².